The van der Waals surface area contributed by atoms with Crippen LogP contribution in [0.3, 0.4) is 0 Å². The van der Waals surface area contributed by atoms with Crippen LogP contribution >= 0.6 is 12.4 Å². The van der Waals surface area contributed by atoms with Gasteiger partial charge in [-0.1, -0.05) is 0 Å². The topological polar surface area (TPSA) is 90.4 Å². The van der Waals surface area contributed by atoms with Crippen molar-refractivity contribution < 1.29 is 14.2 Å². The average molecular weight is 266 g/mol. The summed E-state index contributed by atoms with van der Waals surface area (Å²) < 4.78 is 19.8. The molecule has 1 saturated heterocycles. The first-order valence-corrected chi connectivity index (χ1v) is 4.87. The molecule has 1 aliphatic rings. The fraction of sp³-hybridized carbons (Fsp3) is 0.556. The third-order valence-corrected chi connectivity index (χ3v) is 2.46. The predicted molar refractivity (Wildman–Crippen MR) is 60.7 cm³/mol. The maximum absolute atomic E-state index is 13.5. The summed E-state index contributed by atoms with van der Waals surface area (Å²) in [5.41, 5.74) is 4.65. The largest absolute Gasteiger partial charge is 0.394 e. The summed E-state index contributed by atoms with van der Waals surface area (Å²) in [5, 5.41) is 8.85. The van der Waals surface area contributed by atoms with Gasteiger partial charge in [-0.15, -0.1) is 12.4 Å². The lowest BCUT2D eigenvalue weighted by Crippen LogP contribution is -2.30. The fourth-order valence-corrected chi connectivity index (χ4v) is 1.68. The second kappa shape index (κ2) is 5.44. The number of aliphatic hydroxyl groups excluding tert-OH is 1. The van der Waals surface area contributed by atoms with Crippen molar-refractivity contribution in [3.63, 3.8) is 0 Å². The van der Waals surface area contributed by atoms with Crippen LogP contribution in [0.25, 0.3) is 0 Å². The third kappa shape index (κ3) is 2.74. The van der Waals surface area contributed by atoms with E-state index in [1.54, 1.807) is 0 Å². The molecule has 3 atom stereocenters. The number of rotatable bonds is 2. The second-order valence-corrected chi connectivity index (χ2v) is 3.63. The Morgan fingerprint density at radius 1 is 1.71 bits per heavy atom. The zero-order valence-corrected chi connectivity index (χ0v) is 9.64. The van der Waals surface area contributed by atoms with Crippen LogP contribution in [0.5, 0.6) is 0 Å². The van der Waals surface area contributed by atoms with Gasteiger partial charge in [-0.25, -0.2) is 9.18 Å². The zero-order valence-electron chi connectivity index (χ0n) is 8.82. The number of nitrogen functional groups attached to an aromatic ring is 1. The first-order chi connectivity index (χ1) is 7.61. The molecule has 3 unspecified atom stereocenters. The molecule has 2 heterocycles. The number of hydrogen-bond acceptors (Lipinski definition) is 5. The summed E-state index contributed by atoms with van der Waals surface area (Å²) in [4.78, 5) is 14.9. The second-order valence-electron chi connectivity index (χ2n) is 3.63. The van der Waals surface area contributed by atoms with Crippen molar-refractivity contribution >= 4 is 18.2 Å². The monoisotopic (exact) mass is 265 g/mol. The smallest absolute Gasteiger partial charge is 0.351 e. The van der Waals surface area contributed by atoms with Crippen molar-refractivity contribution in [2.45, 2.75) is 24.9 Å². The van der Waals surface area contributed by atoms with Crippen molar-refractivity contribution in [3.8, 4) is 0 Å². The van der Waals surface area contributed by atoms with Crippen molar-refractivity contribution in [3.05, 3.63) is 22.7 Å². The lowest BCUT2D eigenvalue weighted by Gasteiger charge is -2.15. The molecule has 1 aromatic heterocycles. The van der Waals surface area contributed by atoms with Crippen LogP contribution in [0.1, 0.15) is 12.6 Å². The number of aromatic nitrogens is 2. The van der Waals surface area contributed by atoms with E-state index in [-0.39, 0.29) is 31.3 Å². The maximum Gasteiger partial charge on any atom is 0.351 e. The third-order valence-electron chi connectivity index (χ3n) is 2.46. The average Bonchev–Trinajstić information content (AvgIpc) is 2.60. The quantitative estimate of drug-likeness (QED) is 0.777. The van der Waals surface area contributed by atoms with Gasteiger partial charge in [-0.05, 0) is 6.07 Å². The number of anilines is 1. The molecular weight excluding hydrogens is 253 g/mol. The van der Waals surface area contributed by atoms with Gasteiger partial charge < -0.3 is 15.6 Å². The van der Waals surface area contributed by atoms with E-state index in [0.29, 0.717) is 0 Å². The Labute approximate surface area is 103 Å². The number of ether oxygens (including phenoxy) is 1. The summed E-state index contributed by atoms with van der Waals surface area (Å²) in [6.07, 6.45) is -1.54. The van der Waals surface area contributed by atoms with E-state index in [1.165, 1.54) is 12.3 Å². The molecule has 2 rings (SSSR count). The molecule has 0 saturated carbocycles. The van der Waals surface area contributed by atoms with E-state index in [0.717, 1.165) is 4.57 Å². The number of halogens is 2. The Morgan fingerprint density at radius 3 is 2.94 bits per heavy atom. The number of aliphatic hydroxyl groups is 1. The number of nitrogens with two attached hydrogens (primary N) is 1. The molecule has 0 bridgehead atoms. The summed E-state index contributed by atoms with van der Waals surface area (Å²) in [7, 11) is 0. The lowest BCUT2D eigenvalue weighted by molar-refractivity contribution is -0.0393. The Balaban J connectivity index is 0.00000144. The minimum atomic E-state index is -1.33. The summed E-state index contributed by atoms with van der Waals surface area (Å²) >= 11 is 0. The van der Waals surface area contributed by atoms with Gasteiger partial charge in [0.2, 0.25) is 0 Å². The number of alkyl halides is 1. The Bertz CT molecular complexity index is 442. The van der Waals surface area contributed by atoms with Gasteiger partial charge in [0.05, 0.1) is 12.7 Å². The van der Waals surface area contributed by atoms with Crippen molar-refractivity contribution in [1.29, 1.82) is 0 Å². The SMILES string of the molecule is Cl.Nc1ccn(C2OC(CO)CC2F)c(=O)n1. The molecule has 0 amide bonds. The summed E-state index contributed by atoms with van der Waals surface area (Å²) in [6, 6.07) is 1.39. The van der Waals surface area contributed by atoms with Crippen molar-refractivity contribution in [2.24, 2.45) is 0 Å². The summed E-state index contributed by atoms with van der Waals surface area (Å²) in [6.45, 7) is -0.270. The van der Waals surface area contributed by atoms with Crippen molar-refractivity contribution in [2.75, 3.05) is 12.3 Å². The fourth-order valence-electron chi connectivity index (χ4n) is 1.68. The molecule has 3 N–H and O–H groups in total. The van der Waals surface area contributed by atoms with Crippen LogP contribution < -0.4 is 11.4 Å². The van der Waals surface area contributed by atoms with Crippen LogP contribution in [0.2, 0.25) is 0 Å². The van der Waals surface area contributed by atoms with Crippen LogP contribution in [0.4, 0.5) is 10.2 Å². The standard InChI is InChI=1S/C9H12FN3O3.ClH/c10-6-3-5(4-14)16-8(6)13-2-1-7(11)12-9(13)15;/h1-2,5-6,8,14H,3-4H2,(H2,11,12,15);1H. The van der Waals surface area contributed by atoms with E-state index in [1.807, 2.05) is 0 Å². The minimum absolute atomic E-state index is 0. The van der Waals surface area contributed by atoms with Crippen molar-refractivity contribution in [1.82, 2.24) is 9.55 Å². The van der Waals surface area contributed by atoms with Gasteiger partial charge in [-0.3, -0.25) is 4.57 Å². The highest BCUT2D eigenvalue weighted by Crippen LogP contribution is 2.29. The predicted octanol–water partition coefficient (Wildman–Crippen LogP) is -0.135. The van der Waals surface area contributed by atoms with Gasteiger partial charge >= 0.3 is 5.69 Å². The molecule has 1 fully saturated rings. The van der Waals surface area contributed by atoms with Crippen LogP contribution in [0, 0.1) is 0 Å². The summed E-state index contributed by atoms with van der Waals surface area (Å²) in [5.74, 6) is 0.0772. The van der Waals surface area contributed by atoms with Gasteiger partial charge in [0.15, 0.2) is 6.23 Å². The minimum Gasteiger partial charge on any atom is -0.394 e. The highest BCUT2D eigenvalue weighted by Gasteiger charge is 2.36. The highest BCUT2D eigenvalue weighted by atomic mass is 35.5. The molecule has 0 spiro atoms. The van der Waals surface area contributed by atoms with Gasteiger partial charge in [-0.2, -0.15) is 4.98 Å². The molecule has 17 heavy (non-hydrogen) atoms. The maximum atomic E-state index is 13.5. The highest BCUT2D eigenvalue weighted by molar-refractivity contribution is 5.85. The molecule has 1 aromatic rings. The Hall–Kier alpha value is -1.18. The number of hydrogen-bond donors (Lipinski definition) is 2. The normalized spacial score (nSPS) is 27.8. The Kier molecular flexibility index (Phi) is 4.44. The molecule has 0 aliphatic carbocycles. The van der Waals surface area contributed by atoms with Crippen LogP contribution in [0.15, 0.2) is 17.1 Å². The molecule has 1 aliphatic heterocycles. The van der Waals surface area contributed by atoms with Gasteiger partial charge in [0, 0.05) is 12.6 Å². The molecule has 96 valence electrons. The van der Waals surface area contributed by atoms with Crippen LogP contribution in [-0.2, 0) is 4.74 Å². The van der Waals surface area contributed by atoms with E-state index < -0.39 is 24.2 Å². The van der Waals surface area contributed by atoms with E-state index in [4.69, 9.17) is 15.6 Å². The molecule has 0 radical (unpaired) electrons. The van der Waals surface area contributed by atoms with Gasteiger partial charge in [0.25, 0.3) is 0 Å². The van der Waals surface area contributed by atoms with Gasteiger partial charge in [0.1, 0.15) is 12.0 Å². The zero-order chi connectivity index (χ0) is 11.7. The number of nitrogens with zero attached hydrogens (tertiary/aromatic N) is 2. The molecular formula is C9H13ClFN3O3. The van der Waals surface area contributed by atoms with E-state index in [2.05, 4.69) is 4.98 Å². The van der Waals surface area contributed by atoms with E-state index in [9.17, 15) is 9.18 Å². The Morgan fingerprint density at radius 2 is 2.41 bits per heavy atom. The first-order valence-electron chi connectivity index (χ1n) is 4.87. The molecule has 6 nitrogen and oxygen atoms in total. The van der Waals surface area contributed by atoms with Crippen LogP contribution in [-0.4, -0.2) is 33.5 Å². The lowest BCUT2D eigenvalue weighted by atomic mass is 10.2. The first kappa shape index (κ1) is 13.9. The van der Waals surface area contributed by atoms with E-state index >= 15 is 0 Å². The molecule has 0 aromatic carbocycles. The molecule has 8 heteroatoms.